The first-order chi connectivity index (χ1) is 24.7. The molecule has 15 nitrogen and oxygen atoms in total. The number of piperidine rings is 2. The van der Waals surface area contributed by atoms with E-state index in [1.165, 1.54) is 6.20 Å². The number of amides is 3. The minimum absolute atomic E-state index is 0.0471. The predicted octanol–water partition coefficient (Wildman–Crippen LogP) is 3.73. The smallest absolute Gasteiger partial charge is 0.328 e. The molecule has 2 aliphatic heterocycles. The van der Waals surface area contributed by atoms with E-state index in [0.717, 1.165) is 22.1 Å². The summed E-state index contributed by atoms with van der Waals surface area (Å²) in [5, 5.41) is 21.7. The van der Waals surface area contributed by atoms with Gasteiger partial charge >= 0.3 is 5.69 Å². The van der Waals surface area contributed by atoms with Gasteiger partial charge in [-0.25, -0.2) is 9.78 Å². The number of hydrogen-bond acceptors (Lipinski definition) is 10. The number of benzene rings is 2. The Labute approximate surface area is 304 Å². The lowest BCUT2D eigenvalue weighted by molar-refractivity contribution is -0.134. The normalized spacial score (nSPS) is 18.4. The highest BCUT2D eigenvalue weighted by Crippen LogP contribution is 2.34. The number of aliphatic hydroxyl groups is 1. The molecule has 52 heavy (non-hydrogen) atoms. The zero-order valence-corrected chi connectivity index (χ0v) is 30.4. The van der Waals surface area contributed by atoms with E-state index < -0.39 is 11.5 Å². The summed E-state index contributed by atoms with van der Waals surface area (Å²) in [6.45, 7) is 4.26. The van der Waals surface area contributed by atoms with Crippen molar-refractivity contribution in [3.8, 4) is 0 Å². The van der Waals surface area contributed by atoms with Crippen LogP contribution in [0.25, 0.3) is 21.9 Å². The minimum Gasteiger partial charge on any atom is -0.390 e. The molecular weight excluding hydrogens is 688 g/mol. The van der Waals surface area contributed by atoms with Gasteiger partial charge in [0.1, 0.15) is 5.02 Å². The average molecular weight is 729 g/mol. The fourth-order valence-electron chi connectivity index (χ4n) is 7.08. The summed E-state index contributed by atoms with van der Waals surface area (Å²) in [5.74, 6) is -0.385. The summed E-state index contributed by atoms with van der Waals surface area (Å²) in [7, 11) is 5.38. The average Bonchev–Trinajstić information content (AvgIpc) is 3.55. The molecule has 2 atom stereocenters. The van der Waals surface area contributed by atoms with Gasteiger partial charge in [-0.05, 0) is 69.5 Å². The number of rotatable bonds is 9. The third-order valence-electron chi connectivity index (χ3n) is 10.1. The number of carbonyl (C=O) groups excluding carboxylic acids is 3. The number of hydrogen-bond donors (Lipinski definition) is 3. The highest BCUT2D eigenvalue weighted by molar-refractivity contribution is 6.33. The van der Waals surface area contributed by atoms with Crippen LogP contribution in [0.15, 0.2) is 47.4 Å². The van der Waals surface area contributed by atoms with Gasteiger partial charge in [-0.3, -0.25) is 33.5 Å². The van der Waals surface area contributed by atoms with Crippen molar-refractivity contribution in [2.75, 3.05) is 28.7 Å². The second-order valence-corrected chi connectivity index (χ2v) is 14.7. The minimum atomic E-state index is -0.922. The molecule has 5 heterocycles. The van der Waals surface area contributed by atoms with Crippen molar-refractivity contribution in [2.45, 2.75) is 70.1 Å². The van der Waals surface area contributed by atoms with E-state index in [1.54, 1.807) is 46.7 Å². The van der Waals surface area contributed by atoms with Gasteiger partial charge in [0.25, 0.3) is 0 Å². The van der Waals surface area contributed by atoms with Crippen LogP contribution in [0.3, 0.4) is 0 Å². The lowest BCUT2D eigenvalue weighted by atomic mass is 9.92. The maximum absolute atomic E-state index is 13.6. The van der Waals surface area contributed by atoms with Gasteiger partial charge < -0.3 is 20.2 Å². The second-order valence-electron chi connectivity index (χ2n) is 14.3. The third kappa shape index (κ3) is 6.61. The van der Waals surface area contributed by atoms with Gasteiger partial charge in [0, 0.05) is 69.9 Å². The van der Waals surface area contributed by atoms with Gasteiger partial charge in [-0.1, -0.05) is 11.6 Å². The molecule has 0 bridgehead atoms. The summed E-state index contributed by atoms with van der Waals surface area (Å²) in [6, 6.07) is 11.1. The van der Waals surface area contributed by atoms with E-state index >= 15 is 0 Å². The molecule has 7 rings (SSSR count). The number of aromatic nitrogens is 6. The second kappa shape index (κ2) is 13.4. The van der Waals surface area contributed by atoms with Crippen molar-refractivity contribution in [1.82, 2.24) is 34.2 Å². The molecule has 2 saturated heterocycles. The maximum atomic E-state index is 13.6. The van der Waals surface area contributed by atoms with Gasteiger partial charge in [-0.2, -0.15) is 10.1 Å². The molecule has 2 unspecified atom stereocenters. The molecule has 0 spiro atoms. The number of aryl methyl sites for hydroxylation is 3. The Morgan fingerprint density at radius 1 is 1.06 bits per heavy atom. The Kier molecular flexibility index (Phi) is 9.03. The molecule has 3 N–H and O–H groups in total. The quantitative estimate of drug-likeness (QED) is 0.190. The van der Waals surface area contributed by atoms with Crippen LogP contribution in [0.2, 0.25) is 5.02 Å². The van der Waals surface area contributed by atoms with Crippen LogP contribution in [0.5, 0.6) is 0 Å². The zero-order valence-electron chi connectivity index (χ0n) is 29.7. The van der Waals surface area contributed by atoms with Crippen LogP contribution in [0.4, 0.5) is 23.1 Å². The van der Waals surface area contributed by atoms with E-state index in [1.807, 2.05) is 48.3 Å². The van der Waals surface area contributed by atoms with Gasteiger partial charge in [0.05, 0.1) is 40.0 Å². The Hall–Kier alpha value is -5.28. The Bertz CT molecular complexity index is 2300. The van der Waals surface area contributed by atoms with Crippen molar-refractivity contribution < 1.29 is 19.5 Å². The van der Waals surface area contributed by atoms with Gasteiger partial charge in [0.15, 0.2) is 5.82 Å². The van der Waals surface area contributed by atoms with Crippen molar-refractivity contribution >= 4 is 74.4 Å². The Morgan fingerprint density at radius 2 is 1.85 bits per heavy atom. The molecule has 16 heteroatoms. The Morgan fingerprint density at radius 3 is 2.58 bits per heavy atom. The van der Waals surface area contributed by atoms with Crippen LogP contribution >= 0.6 is 11.6 Å². The fourth-order valence-corrected chi connectivity index (χ4v) is 7.22. The molecule has 3 aromatic heterocycles. The standard InChI is InChI=1S/C36H41ClN10O5/c1-36(2,52)13-15-47-28-16-20(6-10-26(28)44(4)35(47)51)39-32-25(37)19-38-34(41-32)43(3)21-12-14-46(30(49)18-21)22-7-8-23-27(17-22)45(5)42-31(23)24-9-11-29(48)40-33(24)50/h6-8,10,16-17,19,21,24,52H,9,11-15,18H2,1-5H3,(H,38,39,41)(H,40,48,50). The van der Waals surface area contributed by atoms with Crippen molar-refractivity contribution in [3.63, 3.8) is 0 Å². The van der Waals surface area contributed by atoms with Crippen molar-refractivity contribution in [3.05, 3.63) is 63.8 Å². The predicted molar refractivity (Wildman–Crippen MR) is 198 cm³/mol. The Balaban J connectivity index is 1.06. The van der Waals surface area contributed by atoms with Crippen LogP contribution in [-0.2, 0) is 35.0 Å². The number of halogens is 1. The first-order valence-electron chi connectivity index (χ1n) is 17.2. The molecule has 3 amide bonds. The third-order valence-corrected chi connectivity index (χ3v) is 10.4. The number of nitrogens with one attached hydrogen (secondary N) is 2. The fraction of sp³-hybridized carbons (Fsp3) is 0.417. The molecule has 2 aromatic carbocycles. The number of fused-ring (bicyclic) bond motifs is 2. The monoisotopic (exact) mass is 728 g/mol. The largest absolute Gasteiger partial charge is 0.390 e. The molecule has 2 aliphatic rings. The summed E-state index contributed by atoms with van der Waals surface area (Å²) < 4.78 is 4.94. The van der Waals surface area contributed by atoms with E-state index in [-0.39, 0.29) is 42.3 Å². The summed E-state index contributed by atoms with van der Waals surface area (Å²) >= 11 is 6.54. The lowest BCUT2D eigenvalue weighted by Gasteiger charge is -2.36. The van der Waals surface area contributed by atoms with E-state index in [9.17, 15) is 24.3 Å². The first kappa shape index (κ1) is 35.1. The SMILES string of the molecule is CN(c1ncc(Cl)c(Nc2ccc3c(c2)n(CCC(C)(C)O)c(=O)n3C)n1)C1CCN(c2ccc3c(C4CCC(=O)NC4=O)nn(C)c3c2)C(=O)C1. The van der Waals surface area contributed by atoms with E-state index in [2.05, 4.69) is 20.7 Å². The summed E-state index contributed by atoms with van der Waals surface area (Å²) in [5.41, 5.74) is 3.21. The molecule has 0 radical (unpaired) electrons. The van der Waals surface area contributed by atoms with Gasteiger partial charge in [-0.15, -0.1) is 0 Å². The zero-order chi connectivity index (χ0) is 37.1. The van der Waals surface area contributed by atoms with Crippen LogP contribution in [0.1, 0.15) is 57.6 Å². The first-order valence-corrected chi connectivity index (χ1v) is 17.6. The highest BCUT2D eigenvalue weighted by Gasteiger charge is 2.33. The van der Waals surface area contributed by atoms with Crippen LogP contribution in [0, 0.1) is 0 Å². The summed E-state index contributed by atoms with van der Waals surface area (Å²) in [4.78, 5) is 63.6. The summed E-state index contributed by atoms with van der Waals surface area (Å²) in [6.07, 6.45) is 3.50. The topological polar surface area (TPSA) is 173 Å². The number of imidazole rings is 1. The highest BCUT2D eigenvalue weighted by atomic mass is 35.5. The van der Waals surface area contributed by atoms with Crippen molar-refractivity contribution in [1.29, 1.82) is 0 Å². The number of carbonyl (C=O) groups is 3. The molecule has 5 aromatic rings. The number of imide groups is 1. The van der Waals surface area contributed by atoms with Crippen molar-refractivity contribution in [2.24, 2.45) is 14.1 Å². The molecule has 0 aliphatic carbocycles. The molecule has 272 valence electrons. The molecule has 2 fully saturated rings. The van der Waals surface area contributed by atoms with Crippen LogP contribution < -0.4 is 26.1 Å². The van der Waals surface area contributed by atoms with Crippen LogP contribution in [-0.4, -0.2) is 76.9 Å². The molecule has 0 saturated carbocycles. The van der Waals surface area contributed by atoms with E-state index in [0.29, 0.717) is 66.0 Å². The molecular formula is C36H41ClN10O5. The number of nitrogens with zero attached hydrogens (tertiary/aromatic N) is 8. The maximum Gasteiger partial charge on any atom is 0.328 e. The lowest BCUT2D eigenvalue weighted by Crippen LogP contribution is -2.47. The van der Waals surface area contributed by atoms with E-state index in [4.69, 9.17) is 16.6 Å². The van der Waals surface area contributed by atoms with Gasteiger partial charge in [0.2, 0.25) is 23.7 Å². The number of anilines is 4.